The van der Waals surface area contributed by atoms with Gasteiger partial charge in [0, 0.05) is 38.2 Å². The van der Waals surface area contributed by atoms with Crippen LogP contribution in [0.2, 0.25) is 0 Å². The van der Waals surface area contributed by atoms with Crippen molar-refractivity contribution in [2.75, 3.05) is 13.2 Å². The third-order valence-electron chi connectivity index (χ3n) is 8.79. The molecule has 0 radical (unpaired) electrons. The number of carbonyl (C=O) groups is 1. The highest BCUT2D eigenvalue weighted by Gasteiger charge is 2.33. The molecule has 50 heavy (non-hydrogen) atoms. The van der Waals surface area contributed by atoms with E-state index >= 15 is 0 Å². The number of hydrogen-bond acceptors (Lipinski definition) is 6. The summed E-state index contributed by atoms with van der Waals surface area (Å²) in [6.45, 7) is 6.44. The normalized spacial score (nSPS) is 17.3. The van der Waals surface area contributed by atoms with E-state index in [4.69, 9.17) is 14.2 Å². The van der Waals surface area contributed by atoms with Gasteiger partial charge in [0.15, 0.2) is 6.29 Å². The van der Waals surface area contributed by atoms with Gasteiger partial charge in [-0.15, -0.1) is 0 Å². The molecule has 0 spiro atoms. The minimum atomic E-state index is -0.558. The molecular weight excluding hydrogens is 624 g/mol. The summed E-state index contributed by atoms with van der Waals surface area (Å²) in [6, 6.07) is 45.5. The highest BCUT2D eigenvalue weighted by Crippen LogP contribution is 2.39. The molecule has 6 rings (SSSR count). The van der Waals surface area contributed by atoms with Crippen molar-refractivity contribution in [3.8, 4) is 11.1 Å². The predicted octanol–water partition coefficient (Wildman–Crippen LogP) is 8.51. The average molecular weight is 669 g/mol. The standard InChI is InChI=1S/C43H44N2O5/c1-2-24-48-43(47)44-27-35-14-9-15-39(25-35)36-20-22-38(23-21-36)42-49-40(26-41(50-42)37-18-16-34(31-46)17-19-37)30-45(28-32-10-5-3-6-11-32)29-33-12-7-4-8-13-33/h2-23,25,40-42,46H,1,24,26-31H2,(H,44,47)/t40-,41+,42+/m0/s1. The van der Waals surface area contributed by atoms with Crippen LogP contribution >= 0.6 is 0 Å². The largest absolute Gasteiger partial charge is 0.445 e. The second kappa shape index (κ2) is 17.6. The lowest BCUT2D eigenvalue weighted by Crippen LogP contribution is -2.39. The van der Waals surface area contributed by atoms with Crippen LogP contribution in [0.15, 0.2) is 146 Å². The molecule has 0 unspecified atom stereocenters. The Morgan fingerprint density at radius 1 is 0.760 bits per heavy atom. The maximum absolute atomic E-state index is 11.9. The molecule has 0 bridgehead atoms. The summed E-state index contributed by atoms with van der Waals surface area (Å²) in [7, 11) is 0. The van der Waals surface area contributed by atoms with Gasteiger partial charge in [-0.25, -0.2) is 4.79 Å². The Hall–Kier alpha value is -5.05. The molecule has 0 aromatic heterocycles. The van der Waals surface area contributed by atoms with Gasteiger partial charge in [0.05, 0.1) is 18.8 Å². The molecule has 1 saturated heterocycles. The summed E-state index contributed by atoms with van der Waals surface area (Å²) in [5.74, 6) is 0. The van der Waals surface area contributed by atoms with E-state index in [-0.39, 0.29) is 25.4 Å². The summed E-state index contributed by atoms with van der Waals surface area (Å²) < 4.78 is 18.4. The number of rotatable bonds is 14. The number of nitrogens with zero attached hydrogens (tertiary/aromatic N) is 1. The van der Waals surface area contributed by atoms with E-state index in [9.17, 15) is 9.90 Å². The van der Waals surface area contributed by atoms with Crippen LogP contribution in [0, 0.1) is 0 Å². The number of benzene rings is 5. The van der Waals surface area contributed by atoms with Crippen LogP contribution in [0.1, 0.15) is 52.2 Å². The number of carbonyl (C=O) groups excluding carboxylic acids is 1. The highest BCUT2D eigenvalue weighted by atomic mass is 16.7. The third-order valence-corrected chi connectivity index (χ3v) is 8.79. The minimum Gasteiger partial charge on any atom is -0.445 e. The van der Waals surface area contributed by atoms with Gasteiger partial charge in [-0.2, -0.15) is 0 Å². The summed E-state index contributed by atoms with van der Waals surface area (Å²) in [5.41, 5.74) is 8.44. The second-order valence-electron chi connectivity index (χ2n) is 12.6. The van der Waals surface area contributed by atoms with Crippen molar-refractivity contribution in [3.63, 3.8) is 0 Å². The molecule has 256 valence electrons. The molecule has 2 N–H and O–H groups in total. The Bertz CT molecular complexity index is 1750. The van der Waals surface area contributed by atoms with Crippen LogP contribution in [0.5, 0.6) is 0 Å². The first-order chi connectivity index (χ1) is 24.6. The molecule has 7 nitrogen and oxygen atoms in total. The van der Waals surface area contributed by atoms with Crippen molar-refractivity contribution in [2.45, 2.75) is 51.2 Å². The fourth-order valence-corrected chi connectivity index (χ4v) is 6.24. The molecule has 1 aliphatic heterocycles. The number of alkyl carbamates (subject to hydrolysis) is 1. The summed E-state index contributed by atoms with van der Waals surface area (Å²) in [6.07, 6.45) is 0.939. The summed E-state index contributed by atoms with van der Waals surface area (Å²) in [4.78, 5) is 14.3. The molecule has 1 amide bonds. The van der Waals surface area contributed by atoms with E-state index in [1.807, 2.05) is 48.5 Å². The number of aliphatic hydroxyl groups excluding tert-OH is 1. The van der Waals surface area contributed by atoms with Crippen molar-refractivity contribution in [1.29, 1.82) is 0 Å². The summed E-state index contributed by atoms with van der Waals surface area (Å²) >= 11 is 0. The van der Waals surface area contributed by atoms with Crippen LogP contribution in [-0.2, 0) is 40.5 Å². The lowest BCUT2D eigenvalue weighted by atomic mass is 9.98. The second-order valence-corrected chi connectivity index (χ2v) is 12.6. The zero-order valence-corrected chi connectivity index (χ0v) is 28.2. The number of ether oxygens (including phenoxy) is 3. The maximum Gasteiger partial charge on any atom is 0.407 e. The molecule has 0 saturated carbocycles. The quantitative estimate of drug-likeness (QED) is 0.116. The van der Waals surface area contributed by atoms with E-state index in [2.05, 4.69) is 102 Å². The Balaban J connectivity index is 1.21. The Labute approximate surface area is 294 Å². The summed E-state index contributed by atoms with van der Waals surface area (Å²) in [5, 5.41) is 12.4. The Morgan fingerprint density at radius 3 is 2.04 bits per heavy atom. The predicted molar refractivity (Wildman–Crippen MR) is 196 cm³/mol. The van der Waals surface area contributed by atoms with Crippen molar-refractivity contribution in [1.82, 2.24) is 10.2 Å². The number of aliphatic hydroxyl groups is 1. The molecular formula is C43H44N2O5. The van der Waals surface area contributed by atoms with Crippen molar-refractivity contribution >= 4 is 6.09 Å². The molecule has 1 fully saturated rings. The van der Waals surface area contributed by atoms with Gasteiger partial charge in [0.25, 0.3) is 0 Å². The zero-order chi connectivity index (χ0) is 34.5. The molecule has 1 heterocycles. The fraction of sp³-hybridized carbons (Fsp3) is 0.233. The van der Waals surface area contributed by atoms with Crippen LogP contribution < -0.4 is 5.32 Å². The Kier molecular flexibility index (Phi) is 12.2. The van der Waals surface area contributed by atoms with Gasteiger partial charge >= 0.3 is 6.09 Å². The Morgan fingerprint density at radius 2 is 1.40 bits per heavy atom. The van der Waals surface area contributed by atoms with E-state index in [1.165, 1.54) is 17.2 Å². The monoisotopic (exact) mass is 668 g/mol. The van der Waals surface area contributed by atoms with Gasteiger partial charge < -0.3 is 24.6 Å². The smallest absolute Gasteiger partial charge is 0.407 e. The average Bonchev–Trinajstić information content (AvgIpc) is 3.17. The molecule has 5 aromatic carbocycles. The number of amides is 1. The van der Waals surface area contributed by atoms with E-state index < -0.39 is 12.4 Å². The maximum atomic E-state index is 11.9. The topological polar surface area (TPSA) is 80.3 Å². The lowest BCUT2D eigenvalue weighted by Gasteiger charge is -2.38. The van der Waals surface area contributed by atoms with Crippen molar-refractivity contribution in [2.24, 2.45) is 0 Å². The van der Waals surface area contributed by atoms with Crippen LogP contribution in [0.4, 0.5) is 4.79 Å². The highest BCUT2D eigenvalue weighted by molar-refractivity contribution is 5.68. The van der Waals surface area contributed by atoms with Crippen molar-refractivity contribution in [3.05, 3.63) is 179 Å². The SMILES string of the molecule is C=CCOC(=O)NCc1cccc(-c2ccc([C@@H]3O[C@H](CN(Cc4ccccc4)Cc4ccccc4)C[C@H](c4ccc(CO)cc4)O3)cc2)c1. The van der Waals surface area contributed by atoms with Gasteiger partial charge in [-0.1, -0.05) is 140 Å². The van der Waals surface area contributed by atoms with Gasteiger partial charge in [-0.05, 0) is 45.0 Å². The van der Waals surface area contributed by atoms with Gasteiger partial charge in [-0.3, -0.25) is 4.90 Å². The van der Waals surface area contributed by atoms with Crippen LogP contribution in [0.3, 0.4) is 0 Å². The minimum absolute atomic E-state index is 0.00212. The fourth-order valence-electron chi connectivity index (χ4n) is 6.24. The molecule has 7 heteroatoms. The molecule has 3 atom stereocenters. The molecule has 1 aliphatic rings. The first-order valence-electron chi connectivity index (χ1n) is 17.1. The van der Waals surface area contributed by atoms with E-state index in [0.29, 0.717) is 13.0 Å². The lowest BCUT2D eigenvalue weighted by molar-refractivity contribution is -0.253. The first-order valence-corrected chi connectivity index (χ1v) is 17.1. The van der Waals surface area contributed by atoms with Crippen LogP contribution in [-0.4, -0.2) is 35.4 Å². The van der Waals surface area contributed by atoms with Crippen molar-refractivity contribution < 1.29 is 24.1 Å². The molecule has 5 aromatic rings. The first kappa shape index (κ1) is 34.8. The van der Waals surface area contributed by atoms with E-state index in [0.717, 1.165) is 53.0 Å². The van der Waals surface area contributed by atoms with E-state index in [1.54, 1.807) is 0 Å². The zero-order valence-electron chi connectivity index (χ0n) is 28.2. The molecule has 0 aliphatic carbocycles. The number of hydrogen-bond donors (Lipinski definition) is 2. The van der Waals surface area contributed by atoms with Gasteiger partial charge in [0.2, 0.25) is 0 Å². The van der Waals surface area contributed by atoms with Gasteiger partial charge in [0.1, 0.15) is 6.61 Å². The van der Waals surface area contributed by atoms with Crippen LogP contribution in [0.25, 0.3) is 11.1 Å². The third kappa shape index (κ3) is 9.77. The number of nitrogens with one attached hydrogen (secondary N) is 1.